The van der Waals surface area contributed by atoms with Crippen LogP contribution in [0.25, 0.3) is 0 Å². The van der Waals surface area contributed by atoms with Crippen LogP contribution in [0.1, 0.15) is 77.0 Å². The maximum absolute atomic E-state index is 12.3. The first-order valence-corrected chi connectivity index (χ1v) is 15.2. The number of cyclic esters (lactones) is 1. The Morgan fingerprint density at radius 3 is 2.77 bits per heavy atom. The summed E-state index contributed by atoms with van der Waals surface area (Å²) in [6.07, 6.45) is 7.21. The van der Waals surface area contributed by atoms with Crippen molar-refractivity contribution in [3.8, 4) is 0 Å². The van der Waals surface area contributed by atoms with Crippen molar-refractivity contribution in [1.82, 2.24) is 20.3 Å². The summed E-state index contributed by atoms with van der Waals surface area (Å²) < 4.78 is 19.4. The highest BCUT2D eigenvalue weighted by molar-refractivity contribution is 9.12. The van der Waals surface area contributed by atoms with Crippen LogP contribution >= 0.6 is 15.9 Å². The molecule has 1 saturated carbocycles. The molecule has 2 aromatic rings. The third-order valence-electron chi connectivity index (χ3n) is 7.65. The van der Waals surface area contributed by atoms with E-state index in [9.17, 15) is 9.59 Å². The van der Waals surface area contributed by atoms with Gasteiger partial charge < -0.3 is 19.5 Å². The van der Waals surface area contributed by atoms with Crippen LogP contribution in [0.3, 0.4) is 0 Å². The van der Waals surface area contributed by atoms with Crippen molar-refractivity contribution in [3.63, 3.8) is 0 Å². The van der Waals surface area contributed by atoms with Crippen LogP contribution in [0, 0.1) is 17.8 Å². The van der Waals surface area contributed by atoms with Crippen LogP contribution in [0.2, 0.25) is 0 Å². The second-order valence-electron chi connectivity index (χ2n) is 11.3. The van der Waals surface area contributed by atoms with Crippen LogP contribution in [0.5, 0.6) is 0 Å². The predicted octanol–water partition coefficient (Wildman–Crippen LogP) is 5.49. The summed E-state index contributed by atoms with van der Waals surface area (Å²) in [7, 11) is 0. The summed E-state index contributed by atoms with van der Waals surface area (Å²) in [6, 6.07) is 9.99. The van der Waals surface area contributed by atoms with Gasteiger partial charge in [-0.15, -0.1) is 5.10 Å². The molecule has 2 aliphatic rings. The molecule has 0 amide bonds. The van der Waals surface area contributed by atoms with Crippen LogP contribution in [-0.2, 0) is 37.0 Å². The maximum atomic E-state index is 12.3. The van der Waals surface area contributed by atoms with Gasteiger partial charge in [-0.05, 0) is 64.9 Å². The number of nitrogens with zero attached hydrogens (tertiary/aromatic N) is 3. The number of aromatic nitrogens is 3. The van der Waals surface area contributed by atoms with Crippen molar-refractivity contribution < 1.29 is 23.8 Å². The van der Waals surface area contributed by atoms with Crippen molar-refractivity contribution in [3.05, 3.63) is 58.0 Å². The first kappa shape index (κ1) is 30.2. The van der Waals surface area contributed by atoms with E-state index in [-0.39, 0.29) is 18.7 Å². The average molecular weight is 618 g/mol. The summed E-state index contributed by atoms with van der Waals surface area (Å²) in [5.74, 6) is 0.914. The lowest BCUT2D eigenvalue weighted by Crippen LogP contribution is -2.39. The number of halogens is 1. The number of unbranched alkanes of at least 4 members (excludes halogenated alkanes) is 2. The zero-order valence-corrected chi connectivity index (χ0v) is 25.3. The number of ether oxygens (including phenoxy) is 3. The van der Waals surface area contributed by atoms with E-state index in [1.165, 1.54) is 6.42 Å². The van der Waals surface area contributed by atoms with E-state index in [1.54, 1.807) is 10.9 Å². The molecule has 0 bridgehead atoms. The molecular formula is C30H41BrN4O5. The third-order valence-corrected chi connectivity index (χ3v) is 8.40. The minimum absolute atomic E-state index is 0.0659. The topological polar surface area (TPSA) is 105 Å². The van der Waals surface area contributed by atoms with Gasteiger partial charge in [0.15, 0.2) is 0 Å². The van der Waals surface area contributed by atoms with E-state index in [0.717, 1.165) is 31.2 Å². The highest BCUT2D eigenvalue weighted by Crippen LogP contribution is 2.38. The molecule has 1 aliphatic heterocycles. The van der Waals surface area contributed by atoms with Crippen molar-refractivity contribution >= 4 is 27.9 Å². The normalized spacial score (nSPS) is 23.0. The van der Waals surface area contributed by atoms with Gasteiger partial charge in [0.25, 0.3) is 0 Å². The Morgan fingerprint density at radius 1 is 1.20 bits per heavy atom. The Balaban J connectivity index is 1.13. The SMILES string of the molecule is CC(C)[C@@H]1CC[C@@H](C)C[C@H]1O[C@H]1OC(=O)C(Br)=C1NCCCCCC(=O)OCc1cn(Cc2ccccc2)nn1. The minimum atomic E-state index is -0.709. The number of carbonyl (C=O) groups excluding carboxylic acids is 2. The molecule has 1 aliphatic carbocycles. The first-order chi connectivity index (χ1) is 19.3. The molecule has 2 heterocycles. The zero-order valence-electron chi connectivity index (χ0n) is 23.7. The van der Waals surface area contributed by atoms with Gasteiger partial charge in [0.05, 0.1) is 18.8 Å². The zero-order chi connectivity index (χ0) is 28.5. The smallest absolute Gasteiger partial charge is 0.349 e. The van der Waals surface area contributed by atoms with Gasteiger partial charge in [-0.3, -0.25) is 4.79 Å². The van der Waals surface area contributed by atoms with Gasteiger partial charge in [-0.25, -0.2) is 9.48 Å². The molecular weight excluding hydrogens is 576 g/mol. The number of nitrogens with one attached hydrogen (secondary N) is 1. The van der Waals surface area contributed by atoms with Crippen molar-refractivity contribution in [2.24, 2.45) is 17.8 Å². The van der Waals surface area contributed by atoms with Crippen LogP contribution in [0.15, 0.2) is 46.7 Å². The molecule has 9 nitrogen and oxygen atoms in total. The molecule has 218 valence electrons. The lowest BCUT2D eigenvalue weighted by molar-refractivity contribution is -0.182. The van der Waals surface area contributed by atoms with Crippen LogP contribution < -0.4 is 5.32 Å². The highest BCUT2D eigenvalue weighted by atomic mass is 79.9. The molecule has 0 saturated heterocycles. The Morgan fingerprint density at radius 2 is 2.00 bits per heavy atom. The number of esters is 2. The summed E-state index contributed by atoms with van der Waals surface area (Å²) in [4.78, 5) is 24.5. The van der Waals surface area contributed by atoms with E-state index < -0.39 is 12.3 Å². The molecule has 1 N–H and O–H groups in total. The standard InChI is InChI=1S/C30H41BrN4O5/c1-20(2)24-14-13-21(3)16-25(24)39-30-28(27(31)29(37)40-30)32-15-9-5-8-12-26(36)38-19-23-18-35(34-33-23)17-22-10-6-4-7-11-22/h4,6-7,10-11,18,20-21,24-25,30,32H,5,8-9,12-17,19H2,1-3H3/t21-,24+,25-,30+/m1/s1. The molecule has 1 aromatic carbocycles. The highest BCUT2D eigenvalue weighted by Gasteiger charge is 2.39. The van der Waals surface area contributed by atoms with Gasteiger partial charge >= 0.3 is 11.9 Å². The fourth-order valence-corrected chi connectivity index (χ4v) is 5.80. The van der Waals surface area contributed by atoms with Crippen molar-refractivity contribution in [2.45, 2.75) is 91.3 Å². The van der Waals surface area contributed by atoms with Gasteiger partial charge in [0.2, 0.25) is 6.29 Å². The second-order valence-corrected chi connectivity index (χ2v) is 12.0. The van der Waals surface area contributed by atoms with E-state index in [2.05, 4.69) is 52.3 Å². The first-order valence-electron chi connectivity index (χ1n) is 14.4. The van der Waals surface area contributed by atoms with Gasteiger partial charge in [0, 0.05) is 13.0 Å². The lowest BCUT2D eigenvalue weighted by atomic mass is 9.75. The average Bonchev–Trinajstić information content (AvgIpc) is 3.48. The molecule has 40 heavy (non-hydrogen) atoms. The molecule has 0 unspecified atom stereocenters. The molecule has 1 fully saturated rings. The minimum Gasteiger partial charge on any atom is -0.459 e. The molecule has 1 aromatic heterocycles. The predicted molar refractivity (Wildman–Crippen MR) is 154 cm³/mol. The van der Waals surface area contributed by atoms with Crippen LogP contribution in [-0.4, -0.2) is 45.9 Å². The summed E-state index contributed by atoms with van der Waals surface area (Å²) in [5.41, 5.74) is 2.41. The van der Waals surface area contributed by atoms with E-state index in [4.69, 9.17) is 14.2 Å². The Labute approximate surface area is 245 Å². The third kappa shape index (κ3) is 8.64. The number of carbonyl (C=O) groups is 2. The fourth-order valence-electron chi connectivity index (χ4n) is 5.38. The Bertz CT molecular complexity index is 1150. The summed E-state index contributed by atoms with van der Waals surface area (Å²) in [5, 5.41) is 11.5. The summed E-state index contributed by atoms with van der Waals surface area (Å²) >= 11 is 3.38. The quantitative estimate of drug-likeness (QED) is 0.219. The lowest BCUT2D eigenvalue weighted by Gasteiger charge is -2.38. The maximum Gasteiger partial charge on any atom is 0.349 e. The monoisotopic (exact) mass is 616 g/mol. The summed E-state index contributed by atoms with van der Waals surface area (Å²) in [6.45, 7) is 8.10. The number of rotatable bonds is 14. The van der Waals surface area contributed by atoms with E-state index in [1.807, 2.05) is 30.3 Å². The van der Waals surface area contributed by atoms with Gasteiger partial charge in [0.1, 0.15) is 22.5 Å². The molecule has 4 rings (SSSR count). The van der Waals surface area contributed by atoms with Gasteiger partial charge in [-0.1, -0.05) is 69.2 Å². The fraction of sp³-hybridized carbons (Fsp3) is 0.600. The Hall–Kier alpha value is -2.72. The number of hydrogen-bond donors (Lipinski definition) is 1. The molecule has 10 heteroatoms. The molecule has 0 radical (unpaired) electrons. The second kappa shape index (κ2) is 14.8. The number of benzene rings is 1. The number of hydrogen-bond acceptors (Lipinski definition) is 8. The van der Waals surface area contributed by atoms with E-state index >= 15 is 0 Å². The molecule has 4 atom stereocenters. The van der Waals surface area contributed by atoms with Gasteiger partial charge in [-0.2, -0.15) is 0 Å². The largest absolute Gasteiger partial charge is 0.459 e. The van der Waals surface area contributed by atoms with E-state index in [0.29, 0.717) is 59.6 Å². The van der Waals surface area contributed by atoms with Crippen molar-refractivity contribution in [2.75, 3.05) is 6.54 Å². The Kier molecular flexibility index (Phi) is 11.2. The van der Waals surface area contributed by atoms with Crippen LogP contribution in [0.4, 0.5) is 0 Å². The molecule has 0 spiro atoms. The van der Waals surface area contributed by atoms with Crippen molar-refractivity contribution in [1.29, 1.82) is 0 Å².